The second kappa shape index (κ2) is 5.83. The molecule has 0 saturated carbocycles. The summed E-state index contributed by atoms with van der Waals surface area (Å²) in [6.45, 7) is 5.80. The molecule has 3 rings (SSSR count). The third-order valence-corrected chi connectivity index (χ3v) is 4.00. The van der Waals surface area contributed by atoms with Gasteiger partial charge < -0.3 is 10.0 Å². The van der Waals surface area contributed by atoms with Gasteiger partial charge in [0.1, 0.15) is 0 Å². The smallest absolute Gasteiger partial charge is 0.275 e. The number of nitrogens with zero attached hydrogens (tertiary/aromatic N) is 3. The number of fused-ring (bicyclic) bond motifs is 1. The number of hydrogen-bond acceptors (Lipinski definition) is 4. The Kier molecular flexibility index (Phi) is 3.90. The fourth-order valence-electron chi connectivity index (χ4n) is 2.76. The van der Waals surface area contributed by atoms with E-state index in [2.05, 4.69) is 15.1 Å². The highest BCUT2D eigenvalue weighted by atomic mass is 16.3. The van der Waals surface area contributed by atoms with E-state index in [4.69, 9.17) is 5.11 Å². The number of aromatic nitrogens is 2. The molecule has 21 heavy (non-hydrogen) atoms. The lowest BCUT2D eigenvalue weighted by molar-refractivity contribution is 0.0611. The topological polar surface area (TPSA) is 72.5 Å². The molecule has 2 heterocycles. The Morgan fingerprint density at radius 2 is 2.10 bits per heavy atom. The first kappa shape index (κ1) is 14.0. The number of benzene rings is 1. The van der Waals surface area contributed by atoms with Gasteiger partial charge in [-0.1, -0.05) is 11.6 Å². The minimum atomic E-state index is -0.0181. The van der Waals surface area contributed by atoms with Gasteiger partial charge in [-0.2, -0.15) is 5.10 Å². The first-order valence-electron chi connectivity index (χ1n) is 7.26. The summed E-state index contributed by atoms with van der Waals surface area (Å²) in [6, 6.07) is 5.95. The van der Waals surface area contributed by atoms with Crippen molar-refractivity contribution in [3.8, 4) is 0 Å². The second-order valence-corrected chi connectivity index (χ2v) is 5.48. The SMILES string of the molecule is Cc1ccc2[nH]nc(C(=O)N3CCN(CCO)CC3)c2c1. The van der Waals surface area contributed by atoms with Gasteiger partial charge in [0.05, 0.1) is 12.1 Å². The van der Waals surface area contributed by atoms with Crippen molar-refractivity contribution in [2.24, 2.45) is 0 Å². The predicted octanol–water partition coefficient (Wildman–Crippen LogP) is 0.621. The lowest BCUT2D eigenvalue weighted by Crippen LogP contribution is -2.49. The molecule has 112 valence electrons. The maximum atomic E-state index is 12.6. The fourth-order valence-corrected chi connectivity index (χ4v) is 2.76. The maximum absolute atomic E-state index is 12.6. The Balaban J connectivity index is 1.77. The first-order valence-corrected chi connectivity index (χ1v) is 7.26. The van der Waals surface area contributed by atoms with E-state index in [-0.39, 0.29) is 12.5 Å². The summed E-state index contributed by atoms with van der Waals surface area (Å²) in [6.07, 6.45) is 0. The number of nitrogens with one attached hydrogen (secondary N) is 1. The van der Waals surface area contributed by atoms with E-state index in [0.717, 1.165) is 29.6 Å². The normalized spacial score (nSPS) is 16.6. The number of aliphatic hydroxyl groups excluding tert-OH is 1. The number of piperazine rings is 1. The van der Waals surface area contributed by atoms with Crippen LogP contribution in [0.25, 0.3) is 10.9 Å². The molecular formula is C15H20N4O2. The Hall–Kier alpha value is -1.92. The summed E-state index contributed by atoms with van der Waals surface area (Å²) < 4.78 is 0. The van der Waals surface area contributed by atoms with Gasteiger partial charge in [-0.15, -0.1) is 0 Å². The third kappa shape index (κ3) is 2.77. The van der Waals surface area contributed by atoms with Crippen LogP contribution < -0.4 is 0 Å². The monoisotopic (exact) mass is 288 g/mol. The first-order chi connectivity index (χ1) is 10.2. The van der Waals surface area contributed by atoms with Gasteiger partial charge in [-0.25, -0.2) is 0 Å². The van der Waals surface area contributed by atoms with Crippen LogP contribution in [0.4, 0.5) is 0 Å². The van der Waals surface area contributed by atoms with Crippen molar-refractivity contribution >= 4 is 16.8 Å². The van der Waals surface area contributed by atoms with E-state index in [9.17, 15) is 4.79 Å². The Morgan fingerprint density at radius 1 is 1.33 bits per heavy atom. The molecule has 0 aliphatic carbocycles. The minimum Gasteiger partial charge on any atom is -0.395 e. The Bertz CT molecular complexity index is 644. The average Bonchev–Trinajstić information content (AvgIpc) is 2.90. The molecule has 1 aromatic carbocycles. The molecule has 1 aromatic heterocycles. The number of aliphatic hydroxyl groups is 1. The lowest BCUT2D eigenvalue weighted by atomic mass is 10.1. The molecule has 2 N–H and O–H groups in total. The molecule has 0 radical (unpaired) electrons. The summed E-state index contributed by atoms with van der Waals surface area (Å²) in [5.41, 5.74) is 2.51. The minimum absolute atomic E-state index is 0.0181. The number of aryl methyl sites for hydroxylation is 1. The molecular weight excluding hydrogens is 268 g/mol. The van der Waals surface area contributed by atoms with Gasteiger partial charge in [0.25, 0.3) is 5.91 Å². The number of aromatic amines is 1. The molecule has 6 heteroatoms. The van der Waals surface area contributed by atoms with E-state index >= 15 is 0 Å². The molecule has 0 unspecified atom stereocenters. The van der Waals surface area contributed by atoms with E-state index in [0.29, 0.717) is 25.3 Å². The molecule has 1 saturated heterocycles. The van der Waals surface area contributed by atoms with E-state index in [1.807, 2.05) is 30.0 Å². The molecule has 6 nitrogen and oxygen atoms in total. The van der Waals surface area contributed by atoms with Crippen molar-refractivity contribution in [2.75, 3.05) is 39.3 Å². The number of amides is 1. The fraction of sp³-hybridized carbons (Fsp3) is 0.467. The Labute approximate surface area is 123 Å². The number of H-pyrrole nitrogens is 1. The zero-order valence-corrected chi connectivity index (χ0v) is 12.2. The zero-order chi connectivity index (χ0) is 14.8. The van der Waals surface area contributed by atoms with Crippen molar-refractivity contribution in [3.05, 3.63) is 29.5 Å². The highest BCUT2D eigenvalue weighted by Crippen LogP contribution is 2.19. The summed E-state index contributed by atoms with van der Waals surface area (Å²) in [5, 5.41) is 17.0. The van der Waals surface area contributed by atoms with Gasteiger partial charge >= 0.3 is 0 Å². The van der Waals surface area contributed by atoms with Crippen LogP contribution in [0.15, 0.2) is 18.2 Å². The van der Waals surface area contributed by atoms with Gasteiger partial charge in [-0.05, 0) is 19.1 Å². The maximum Gasteiger partial charge on any atom is 0.275 e. The molecule has 1 fully saturated rings. The van der Waals surface area contributed by atoms with Crippen molar-refractivity contribution in [2.45, 2.75) is 6.92 Å². The standard InChI is InChI=1S/C15H20N4O2/c1-11-2-3-13-12(10-11)14(17-16-13)15(21)19-6-4-18(5-7-19)8-9-20/h2-3,10,20H,4-9H2,1H3,(H,16,17). The van der Waals surface area contributed by atoms with Crippen LogP contribution in [0, 0.1) is 6.92 Å². The lowest BCUT2D eigenvalue weighted by Gasteiger charge is -2.34. The molecule has 0 spiro atoms. The van der Waals surface area contributed by atoms with Crippen LogP contribution in [0.3, 0.4) is 0 Å². The molecule has 1 amide bonds. The van der Waals surface area contributed by atoms with Crippen LogP contribution in [0.5, 0.6) is 0 Å². The number of rotatable bonds is 3. The van der Waals surface area contributed by atoms with Gasteiger partial charge in [0, 0.05) is 38.1 Å². The highest BCUT2D eigenvalue weighted by Gasteiger charge is 2.24. The number of β-amino-alcohol motifs (C(OH)–C–C–N with tert-alkyl or cyclic N) is 1. The number of carbonyl (C=O) groups excluding carboxylic acids is 1. The van der Waals surface area contributed by atoms with Crippen molar-refractivity contribution in [1.82, 2.24) is 20.0 Å². The number of hydrogen-bond donors (Lipinski definition) is 2. The van der Waals surface area contributed by atoms with Crippen molar-refractivity contribution < 1.29 is 9.90 Å². The van der Waals surface area contributed by atoms with Crippen LogP contribution in [0.1, 0.15) is 16.1 Å². The predicted molar refractivity (Wildman–Crippen MR) is 80.3 cm³/mol. The summed E-state index contributed by atoms with van der Waals surface area (Å²) >= 11 is 0. The van der Waals surface area contributed by atoms with Crippen molar-refractivity contribution in [3.63, 3.8) is 0 Å². The van der Waals surface area contributed by atoms with Gasteiger partial charge in [0.2, 0.25) is 0 Å². The zero-order valence-electron chi connectivity index (χ0n) is 12.2. The van der Waals surface area contributed by atoms with Crippen LogP contribution in [-0.2, 0) is 0 Å². The summed E-state index contributed by atoms with van der Waals surface area (Å²) in [4.78, 5) is 16.6. The second-order valence-electron chi connectivity index (χ2n) is 5.48. The average molecular weight is 288 g/mol. The van der Waals surface area contributed by atoms with Crippen LogP contribution in [-0.4, -0.2) is 70.3 Å². The van der Waals surface area contributed by atoms with E-state index < -0.39 is 0 Å². The largest absolute Gasteiger partial charge is 0.395 e. The highest BCUT2D eigenvalue weighted by molar-refractivity contribution is 6.04. The molecule has 0 atom stereocenters. The molecule has 2 aromatic rings. The van der Waals surface area contributed by atoms with Gasteiger partial charge in [0.15, 0.2) is 5.69 Å². The number of carbonyl (C=O) groups is 1. The van der Waals surface area contributed by atoms with Gasteiger partial charge in [-0.3, -0.25) is 14.8 Å². The van der Waals surface area contributed by atoms with Crippen molar-refractivity contribution in [1.29, 1.82) is 0 Å². The molecule has 1 aliphatic rings. The molecule has 1 aliphatic heterocycles. The molecule has 0 bridgehead atoms. The van der Waals surface area contributed by atoms with Crippen LogP contribution >= 0.6 is 0 Å². The third-order valence-electron chi connectivity index (χ3n) is 4.00. The Morgan fingerprint density at radius 3 is 2.81 bits per heavy atom. The summed E-state index contributed by atoms with van der Waals surface area (Å²) in [5.74, 6) is -0.0181. The van der Waals surface area contributed by atoms with Crippen LogP contribution in [0.2, 0.25) is 0 Å². The quantitative estimate of drug-likeness (QED) is 0.868. The summed E-state index contributed by atoms with van der Waals surface area (Å²) in [7, 11) is 0. The van der Waals surface area contributed by atoms with E-state index in [1.165, 1.54) is 0 Å². The van der Waals surface area contributed by atoms with E-state index in [1.54, 1.807) is 0 Å².